The van der Waals surface area contributed by atoms with E-state index >= 15 is 0 Å². The first-order chi connectivity index (χ1) is 12.0. The number of aromatic hydroxyl groups is 1. The molecular weight excluding hydrogens is 326 g/mol. The van der Waals surface area contributed by atoms with Crippen LogP contribution in [-0.4, -0.2) is 5.11 Å². The number of phenols is 1. The molecule has 0 atom stereocenters. The van der Waals surface area contributed by atoms with Gasteiger partial charge < -0.3 is 10.8 Å². The normalized spacial score (nSPS) is 33.1. The van der Waals surface area contributed by atoms with Gasteiger partial charge in [0.25, 0.3) is 0 Å². The van der Waals surface area contributed by atoms with Gasteiger partial charge in [0.15, 0.2) is 0 Å². The van der Waals surface area contributed by atoms with Gasteiger partial charge >= 0.3 is 0 Å². The first-order valence-electron chi connectivity index (χ1n) is 9.67. The number of nitrogen functional groups attached to an aromatic ring is 1. The lowest BCUT2D eigenvalue weighted by Crippen LogP contribution is -2.48. The largest absolute Gasteiger partial charge is 0.507 e. The summed E-state index contributed by atoms with van der Waals surface area (Å²) in [5, 5.41) is 14.1. The summed E-state index contributed by atoms with van der Waals surface area (Å²) in [5.74, 6) is 3.23. The molecule has 1 aromatic carbocycles. The summed E-state index contributed by atoms with van der Waals surface area (Å²) in [7, 11) is 0. The van der Waals surface area contributed by atoms with Crippen molar-refractivity contribution in [3.8, 4) is 5.75 Å². The van der Waals surface area contributed by atoms with Gasteiger partial charge in [0.1, 0.15) is 5.75 Å². The molecule has 0 aliphatic heterocycles. The lowest BCUT2D eigenvalue weighted by molar-refractivity contribution is -0.00620. The van der Waals surface area contributed by atoms with Gasteiger partial charge in [-0.2, -0.15) is 0 Å². The summed E-state index contributed by atoms with van der Waals surface area (Å²) in [6.45, 7) is 2.17. The van der Waals surface area contributed by atoms with Crippen molar-refractivity contribution in [3.05, 3.63) is 45.8 Å². The molecule has 1 aromatic heterocycles. The lowest BCUT2D eigenvalue weighted by atomic mass is 9.48. The highest BCUT2D eigenvalue weighted by molar-refractivity contribution is 7.14. The van der Waals surface area contributed by atoms with E-state index in [9.17, 15) is 5.11 Å². The minimum atomic E-state index is 0.236. The maximum Gasteiger partial charge on any atom is 0.122 e. The molecule has 4 bridgehead atoms. The van der Waals surface area contributed by atoms with E-state index < -0.39 is 0 Å². The molecule has 1 heterocycles. The second-order valence-corrected chi connectivity index (χ2v) is 9.95. The van der Waals surface area contributed by atoms with Crippen LogP contribution in [0.25, 0.3) is 0 Å². The van der Waals surface area contributed by atoms with Crippen molar-refractivity contribution in [1.82, 2.24) is 0 Å². The average molecular weight is 354 g/mol. The second kappa shape index (κ2) is 5.51. The van der Waals surface area contributed by atoms with Crippen molar-refractivity contribution in [2.24, 2.45) is 17.8 Å². The van der Waals surface area contributed by atoms with Crippen molar-refractivity contribution in [1.29, 1.82) is 0 Å². The molecule has 2 aromatic rings. The van der Waals surface area contributed by atoms with Gasteiger partial charge in [0.2, 0.25) is 0 Å². The van der Waals surface area contributed by atoms with E-state index in [0.717, 1.165) is 40.3 Å². The van der Waals surface area contributed by atoms with Gasteiger partial charge in [-0.05, 0) is 91.2 Å². The Bertz CT molecular complexity index is 786. The fourth-order valence-electron chi connectivity index (χ4n) is 6.53. The molecule has 132 valence electrons. The summed E-state index contributed by atoms with van der Waals surface area (Å²) < 4.78 is 0. The third-order valence-corrected chi connectivity index (χ3v) is 7.89. The summed E-state index contributed by atoms with van der Waals surface area (Å²) in [4.78, 5) is 0. The molecular formula is C22H27NOS. The predicted octanol–water partition coefficient (Wildman–Crippen LogP) is 5.40. The molecule has 3 heteroatoms. The van der Waals surface area contributed by atoms with Crippen LogP contribution in [0.15, 0.2) is 23.6 Å². The quantitative estimate of drug-likeness (QED) is 0.776. The molecule has 6 rings (SSSR count). The SMILES string of the molecule is Cc1cc(Cc2ccsc2N)c(O)c(C23CC4CC(CC(C4)C2)C3)c1. The Labute approximate surface area is 154 Å². The van der Waals surface area contributed by atoms with Crippen molar-refractivity contribution in [2.45, 2.75) is 57.3 Å². The van der Waals surface area contributed by atoms with Crippen molar-refractivity contribution < 1.29 is 5.11 Å². The number of rotatable bonds is 3. The molecule has 4 fully saturated rings. The Morgan fingerprint density at radius 3 is 2.28 bits per heavy atom. The standard InChI is InChI=1S/C22H27NOS/c1-13-4-18(9-17-2-3-25-21(17)23)20(24)19(5-13)22-10-14-6-15(11-22)8-16(7-14)12-22/h2-5,14-16,24H,6-12,23H2,1H3. The highest BCUT2D eigenvalue weighted by Gasteiger charge is 2.52. The van der Waals surface area contributed by atoms with Gasteiger partial charge in [-0.25, -0.2) is 0 Å². The maximum absolute atomic E-state index is 11.2. The molecule has 4 aliphatic carbocycles. The van der Waals surface area contributed by atoms with E-state index in [2.05, 4.69) is 25.1 Å². The molecule has 0 saturated heterocycles. The Balaban J connectivity index is 1.57. The van der Waals surface area contributed by atoms with E-state index in [0.29, 0.717) is 5.75 Å². The van der Waals surface area contributed by atoms with Crippen LogP contribution >= 0.6 is 11.3 Å². The predicted molar refractivity (Wildman–Crippen MR) is 104 cm³/mol. The number of hydrogen-bond donors (Lipinski definition) is 2. The van der Waals surface area contributed by atoms with Gasteiger partial charge in [-0.3, -0.25) is 0 Å². The smallest absolute Gasteiger partial charge is 0.122 e. The number of phenolic OH excluding ortho intramolecular Hbond substituents is 1. The van der Waals surface area contributed by atoms with Gasteiger partial charge in [-0.15, -0.1) is 11.3 Å². The van der Waals surface area contributed by atoms with Crippen LogP contribution in [0.4, 0.5) is 5.00 Å². The van der Waals surface area contributed by atoms with Crippen LogP contribution in [0.5, 0.6) is 5.75 Å². The molecule has 2 nitrogen and oxygen atoms in total. The highest BCUT2D eigenvalue weighted by Crippen LogP contribution is 2.62. The molecule has 0 radical (unpaired) electrons. The van der Waals surface area contributed by atoms with Crippen molar-refractivity contribution in [2.75, 3.05) is 5.73 Å². The average Bonchev–Trinajstić information content (AvgIpc) is 2.94. The molecule has 0 unspecified atom stereocenters. The first-order valence-corrected chi connectivity index (χ1v) is 10.6. The van der Waals surface area contributed by atoms with Gasteiger partial charge in [0.05, 0.1) is 5.00 Å². The van der Waals surface area contributed by atoms with Crippen LogP contribution in [0, 0.1) is 24.7 Å². The van der Waals surface area contributed by atoms with Gasteiger partial charge in [-0.1, -0.05) is 17.7 Å². The minimum Gasteiger partial charge on any atom is -0.507 e. The van der Waals surface area contributed by atoms with Crippen LogP contribution in [0.3, 0.4) is 0 Å². The molecule has 25 heavy (non-hydrogen) atoms. The van der Waals surface area contributed by atoms with E-state index in [1.54, 1.807) is 11.3 Å². The number of aryl methyl sites for hydroxylation is 1. The van der Waals surface area contributed by atoms with Crippen molar-refractivity contribution >= 4 is 16.3 Å². The number of hydrogen-bond acceptors (Lipinski definition) is 3. The molecule has 0 amide bonds. The third kappa shape index (κ3) is 2.51. The fraction of sp³-hybridized carbons (Fsp3) is 0.545. The van der Waals surface area contributed by atoms with E-state index in [-0.39, 0.29) is 5.41 Å². The highest BCUT2D eigenvalue weighted by atomic mass is 32.1. The first kappa shape index (κ1) is 15.7. The maximum atomic E-state index is 11.2. The number of anilines is 1. The third-order valence-electron chi connectivity index (χ3n) is 7.10. The second-order valence-electron chi connectivity index (χ2n) is 9.00. The Kier molecular flexibility index (Phi) is 3.47. The Hall–Kier alpha value is -1.48. The number of benzene rings is 1. The number of nitrogens with two attached hydrogens (primary N) is 1. The Morgan fingerprint density at radius 1 is 1.08 bits per heavy atom. The summed E-state index contributed by atoms with van der Waals surface area (Å²) in [6.07, 6.45) is 8.91. The molecule has 4 saturated carbocycles. The zero-order chi connectivity index (χ0) is 17.2. The number of thiophene rings is 1. The molecule has 3 N–H and O–H groups in total. The topological polar surface area (TPSA) is 46.2 Å². The van der Waals surface area contributed by atoms with Crippen LogP contribution in [0.1, 0.15) is 60.8 Å². The van der Waals surface area contributed by atoms with Crippen molar-refractivity contribution in [3.63, 3.8) is 0 Å². The van der Waals surface area contributed by atoms with E-state index in [1.807, 2.05) is 5.38 Å². The minimum absolute atomic E-state index is 0.236. The van der Waals surface area contributed by atoms with Crippen LogP contribution in [0.2, 0.25) is 0 Å². The van der Waals surface area contributed by atoms with Gasteiger partial charge in [0, 0.05) is 12.0 Å². The monoisotopic (exact) mass is 353 g/mol. The fourth-order valence-corrected chi connectivity index (χ4v) is 7.20. The zero-order valence-electron chi connectivity index (χ0n) is 14.9. The zero-order valence-corrected chi connectivity index (χ0v) is 15.7. The van der Waals surface area contributed by atoms with E-state index in [4.69, 9.17) is 5.73 Å². The van der Waals surface area contributed by atoms with Crippen LogP contribution in [-0.2, 0) is 11.8 Å². The summed E-state index contributed by atoms with van der Waals surface area (Å²) in [5.41, 5.74) is 11.0. The van der Waals surface area contributed by atoms with E-state index in [1.165, 1.54) is 49.7 Å². The summed E-state index contributed by atoms with van der Waals surface area (Å²) >= 11 is 1.58. The van der Waals surface area contributed by atoms with Crippen LogP contribution < -0.4 is 5.73 Å². The lowest BCUT2D eigenvalue weighted by Gasteiger charge is -2.57. The Morgan fingerprint density at radius 2 is 1.72 bits per heavy atom. The molecule has 4 aliphatic rings. The summed E-state index contributed by atoms with van der Waals surface area (Å²) in [6, 6.07) is 6.52. The molecule has 0 spiro atoms.